The summed E-state index contributed by atoms with van der Waals surface area (Å²) >= 11 is 0. The van der Waals surface area contributed by atoms with Crippen molar-refractivity contribution in [3.8, 4) is 0 Å². The van der Waals surface area contributed by atoms with E-state index in [1.807, 2.05) is 13.8 Å². The van der Waals surface area contributed by atoms with E-state index in [0.717, 1.165) is 6.54 Å². The normalized spacial score (nSPS) is 14.3. The molecule has 90 valence electrons. The molecule has 1 unspecified atom stereocenters. The molecule has 0 amide bonds. The first-order valence-electron chi connectivity index (χ1n) is 5.45. The van der Waals surface area contributed by atoms with Crippen molar-refractivity contribution in [1.82, 2.24) is 10.6 Å². The average molecular weight is 216 g/mol. The van der Waals surface area contributed by atoms with E-state index in [9.17, 15) is 4.79 Å². The predicted octanol–water partition coefficient (Wildman–Crippen LogP) is 1.07. The van der Waals surface area contributed by atoms with Gasteiger partial charge in [0.2, 0.25) is 0 Å². The number of carbonyl (C=O) groups is 1. The van der Waals surface area contributed by atoms with Crippen LogP contribution in [-0.4, -0.2) is 35.7 Å². The van der Waals surface area contributed by atoms with Gasteiger partial charge in [0, 0.05) is 18.6 Å². The van der Waals surface area contributed by atoms with E-state index in [4.69, 9.17) is 5.11 Å². The van der Waals surface area contributed by atoms with Crippen LogP contribution < -0.4 is 10.6 Å². The van der Waals surface area contributed by atoms with Gasteiger partial charge in [-0.25, -0.2) is 0 Å². The Morgan fingerprint density at radius 3 is 2.13 bits per heavy atom. The van der Waals surface area contributed by atoms with Crippen LogP contribution in [0.3, 0.4) is 0 Å². The van der Waals surface area contributed by atoms with Crippen LogP contribution >= 0.6 is 0 Å². The second-order valence-electron chi connectivity index (χ2n) is 5.19. The van der Waals surface area contributed by atoms with Crippen molar-refractivity contribution >= 4 is 5.97 Å². The quantitative estimate of drug-likeness (QED) is 0.581. The summed E-state index contributed by atoms with van der Waals surface area (Å²) in [6.45, 7) is 11.5. The van der Waals surface area contributed by atoms with Gasteiger partial charge in [0.15, 0.2) is 0 Å². The topological polar surface area (TPSA) is 61.4 Å². The summed E-state index contributed by atoms with van der Waals surface area (Å²) in [4.78, 5) is 10.8. The van der Waals surface area contributed by atoms with Gasteiger partial charge in [-0.15, -0.1) is 0 Å². The zero-order valence-electron chi connectivity index (χ0n) is 10.4. The Kier molecular flexibility index (Phi) is 5.83. The van der Waals surface area contributed by atoms with E-state index in [-0.39, 0.29) is 11.5 Å². The number of rotatable bonds is 6. The summed E-state index contributed by atoms with van der Waals surface area (Å²) in [7, 11) is 0. The summed E-state index contributed by atoms with van der Waals surface area (Å²) in [5.41, 5.74) is 0.0816. The van der Waals surface area contributed by atoms with E-state index < -0.39 is 12.0 Å². The third kappa shape index (κ3) is 7.33. The van der Waals surface area contributed by atoms with Crippen molar-refractivity contribution in [3.05, 3.63) is 0 Å². The van der Waals surface area contributed by atoms with Crippen LogP contribution in [0.5, 0.6) is 0 Å². The molecule has 0 radical (unpaired) electrons. The minimum absolute atomic E-state index is 0.0816. The molecule has 0 saturated carbocycles. The molecule has 0 rings (SSSR count). The monoisotopic (exact) mass is 216 g/mol. The van der Waals surface area contributed by atoms with E-state index in [2.05, 4.69) is 31.4 Å². The van der Waals surface area contributed by atoms with Gasteiger partial charge < -0.3 is 15.7 Å². The number of hydrogen-bond donors (Lipinski definition) is 3. The molecular formula is C11H24N2O2. The van der Waals surface area contributed by atoms with Crippen molar-refractivity contribution in [3.63, 3.8) is 0 Å². The fourth-order valence-corrected chi connectivity index (χ4v) is 1.27. The number of carboxylic acid groups (broad SMARTS) is 1. The Morgan fingerprint density at radius 1 is 1.27 bits per heavy atom. The molecule has 0 heterocycles. The van der Waals surface area contributed by atoms with Crippen molar-refractivity contribution in [2.75, 3.05) is 13.1 Å². The van der Waals surface area contributed by atoms with Crippen LogP contribution in [0.2, 0.25) is 0 Å². The zero-order chi connectivity index (χ0) is 12.1. The number of carboxylic acids is 1. The van der Waals surface area contributed by atoms with E-state index in [1.54, 1.807) is 0 Å². The average Bonchev–Trinajstić information content (AvgIpc) is 2.00. The molecule has 0 saturated heterocycles. The molecule has 0 aromatic heterocycles. The lowest BCUT2D eigenvalue weighted by atomic mass is 10.0. The molecule has 0 aromatic rings. The minimum atomic E-state index is -0.777. The molecule has 0 fully saturated rings. The first-order chi connectivity index (χ1) is 6.74. The minimum Gasteiger partial charge on any atom is -0.480 e. The van der Waals surface area contributed by atoms with Gasteiger partial charge in [-0.3, -0.25) is 4.79 Å². The number of nitrogens with one attached hydrogen (secondary N) is 2. The summed E-state index contributed by atoms with van der Waals surface area (Å²) in [6.07, 6.45) is 0. The number of hydrogen-bond acceptors (Lipinski definition) is 3. The molecule has 0 aliphatic carbocycles. The lowest BCUT2D eigenvalue weighted by Crippen LogP contribution is -2.46. The SMILES string of the molecule is CC(C)C(NCCNC(C)(C)C)C(=O)O. The van der Waals surface area contributed by atoms with Crippen molar-refractivity contribution in [1.29, 1.82) is 0 Å². The first kappa shape index (κ1) is 14.4. The smallest absolute Gasteiger partial charge is 0.320 e. The van der Waals surface area contributed by atoms with Crippen LogP contribution in [0, 0.1) is 5.92 Å². The van der Waals surface area contributed by atoms with Gasteiger partial charge >= 0.3 is 5.97 Å². The Morgan fingerprint density at radius 2 is 1.80 bits per heavy atom. The molecule has 0 aliphatic rings. The van der Waals surface area contributed by atoms with Crippen molar-refractivity contribution in [2.45, 2.75) is 46.2 Å². The molecule has 0 bridgehead atoms. The van der Waals surface area contributed by atoms with Gasteiger partial charge in [0.25, 0.3) is 0 Å². The highest BCUT2D eigenvalue weighted by Crippen LogP contribution is 2.01. The summed E-state index contributed by atoms with van der Waals surface area (Å²) in [5.74, 6) is -0.669. The molecule has 0 spiro atoms. The Labute approximate surface area is 92.4 Å². The third-order valence-electron chi connectivity index (χ3n) is 2.08. The summed E-state index contributed by atoms with van der Waals surface area (Å²) in [5, 5.41) is 15.2. The lowest BCUT2D eigenvalue weighted by molar-refractivity contribution is -0.140. The summed E-state index contributed by atoms with van der Waals surface area (Å²) in [6, 6.07) is -0.452. The standard InChI is InChI=1S/C11H24N2O2/c1-8(2)9(10(14)15)12-6-7-13-11(3,4)5/h8-9,12-13H,6-7H2,1-5H3,(H,14,15). The van der Waals surface area contributed by atoms with Crippen LogP contribution in [0.25, 0.3) is 0 Å². The second kappa shape index (κ2) is 6.08. The van der Waals surface area contributed by atoms with E-state index in [1.165, 1.54) is 0 Å². The van der Waals surface area contributed by atoms with Crippen LogP contribution in [-0.2, 0) is 4.79 Å². The van der Waals surface area contributed by atoms with Gasteiger partial charge in [0.1, 0.15) is 6.04 Å². The lowest BCUT2D eigenvalue weighted by Gasteiger charge is -2.22. The zero-order valence-corrected chi connectivity index (χ0v) is 10.4. The molecule has 1 atom stereocenters. The molecule has 0 aliphatic heterocycles. The number of aliphatic carboxylic acids is 1. The fourth-order valence-electron chi connectivity index (χ4n) is 1.27. The maximum atomic E-state index is 10.8. The summed E-state index contributed by atoms with van der Waals surface area (Å²) < 4.78 is 0. The highest BCUT2D eigenvalue weighted by Gasteiger charge is 2.20. The second-order valence-corrected chi connectivity index (χ2v) is 5.19. The van der Waals surface area contributed by atoms with Crippen LogP contribution in [0.1, 0.15) is 34.6 Å². The Hall–Kier alpha value is -0.610. The molecular weight excluding hydrogens is 192 g/mol. The van der Waals surface area contributed by atoms with Gasteiger partial charge in [-0.1, -0.05) is 13.8 Å². The first-order valence-corrected chi connectivity index (χ1v) is 5.45. The molecule has 4 heteroatoms. The highest BCUT2D eigenvalue weighted by molar-refractivity contribution is 5.73. The van der Waals surface area contributed by atoms with Crippen molar-refractivity contribution < 1.29 is 9.90 Å². The fraction of sp³-hybridized carbons (Fsp3) is 0.909. The molecule has 15 heavy (non-hydrogen) atoms. The highest BCUT2D eigenvalue weighted by atomic mass is 16.4. The maximum absolute atomic E-state index is 10.8. The maximum Gasteiger partial charge on any atom is 0.320 e. The molecule has 4 nitrogen and oxygen atoms in total. The largest absolute Gasteiger partial charge is 0.480 e. The molecule has 0 aromatic carbocycles. The van der Waals surface area contributed by atoms with Crippen molar-refractivity contribution in [2.24, 2.45) is 5.92 Å². The van der Waals surface area contributed by atoms with Gasteiger partial charge in [-0.05, 0) is 26.7 Å². The van der Waals surface area contributed by atoms with Crippen LogP contribution in [0.4, 0.5) is 0 Å². The Balaban J connectivity index is 3.78. The third-order valence-corrected chi connectivity index (χ3v) is 2.08. The van der Waals surface area contributed by atoms with Crippen LogP contribution in [0.15, 0.2) is 0 Å². The van der Waals surface area contributed by atoms with E-state index in [0.29, 0.717) is 6.54 Å². The molecule has 3 N–H and O–H groups in total. The van der Waals surface area contributed by atoms with E-state index >= 15 is 0 Å². The van der Waals surface area contributed by atoms with Gasteiger partial charge in [0.05, 0.1) is 0 Å². The van der Waals surface area contributed by atoms with Gasteiger partial charge in [-0.2, -0.15) is 0 Å². The Bertz CT molecular complexity index is 197. The predicted molar refractivity (Wildman–Crippen MR) is 62.0 cm³/mol.